The summed E-state index contributed by atoms with van der Waals surface area (Å²) in [7, 11) is 0. The summed E-state index contributed by atoms with van der Waals surface area (Å²) in [5, 5.41) is 23.0. The monoisotopic (exact) mass is 506 g/mol. The third-order valence-corrected chi connectivity index (χ3v) is 8.05. The first-order valence-corrected chi connectivity index (χ1v) is 13.7. The first kappa shape index (κ1) is 24.7. The molecule has 3 aromatic heterocycles. The van der Waals surface area contributed by atoms with Crippen molar-refractivity contribution in [3.05, 3.63) is 41.2 Å². The Labute approximate surface area is 215 Å². The van der Waals surface area contributed by atoms with Crippen LogP contribution in [0.1, 0.15) is 61.4 Å². The maximum Gasteiger partial charge on any atom is 0.211 e. The lowest BCUT2D eigenvalue weighted by molar-refractivity contribution is 0.189. The van der Waals surface area contributed by atoms with Crippen molar-refractivity contribution in [1.82, 2.24) is 25.1 Å². The molecule has 4 heterocycles. The van der Waals surface area contributed by atoms with E-state index in [0.29, 0.717) is 5.92 Å². The second-order valence-corrected chi connectivity index (χ2v) is 10.6. The molecular weight excluding hydrogens is 472 g/mol. The number of likely N-dealkylation sites (tertiary alicyclic amines) is 1. The number of hydrogen-bond acceptors (Lipinski definition) is 10. The lowest BCUT2D eigenvalue weighted by atomic mass is 10.0. The highest BCUT2D eigenvalue weighted by Gasteiger charge is 2.21. The molecule has 2 fully saturated rings. The Kier molecular flexibility index (Phi) is 8.15. The highest BCUT2D eigenvalue weighted by Crippen LogP contribution is 2.37. The van der Waals surface area contributed by atoms with E-state index in [-0.39, 0.29) is 12.6 Å². The first-order valence-electron chi connectivity index (χ1n) is 12.9. The Morgan fingerprint density at radius 2 is 2.00 bits per heavy atom. The molecule has 0 bridgehead atoms. The fraction of sp³-hybridized carbons (Fsp3) is 0.500. The van der Waals surface area contributed by atoms with Crippen molar-refractivity contribution in [2.75, 3.05) is 31.6 Å². The van der Waals surface area contributed by atoms with E-state index < -0.39 is 0 Å². The standard InChI is InChI=1S/C26H34N8OS/c27-15-20(17-28-21-8-11-34(12-9-21)10-3-13-35)19-14-23-22(29-16-19)6-7-24(30-23)31-26-33-32-25(36-26)18-4-1-2-5-18/h6-7,14-18,21,35H,1-5,8-13,27H2,(H,30,31,33). The summed E-state index contributed by atoms with van der Waals surface area (Å²) in [4.78, 5) is 16.6. The summed E-state index contributed by atoms with van der Waals surface area (Å²) in [6.07, 6.45) is 13.1. The minimum absolute atomic E-state index is 0.248. The number of anilines is 2. The number of fused-ring (bicyclic) bond motifs is 1. The van der Waals surface area contributed by atoms with Gasteiger partial charge in [0.1, 0.15) is 10.8 Å². The third-order valence-electron chi connectivity index (χ3n) is 7.04. The second-order valence-electron chi connectivity index (χ2n) is 9.56. The van der Waals surface area contributed by atoms with Gasteiger partial charge < -0.3 is 21.1 Å². The van der Waals surface area contributed by atoms with Gasteiger partial charge in [-0.25, -0.2) is 4.98 Å². The number of nitrogens with two attached hydrogens (primary N) is 1. The van der Waals surface area contributed by atoms with Gasteiger partial charge in [-0.05, 0) is 50.3 Å². The van der Waals surface area contributed by atoms with Gasteiger partial charge in [0, 0.05) is 61.9 Å². The Morgan fingerprint density at radius 3 is 2.78 bits per heavy atom. The Hall–Kier alpha value is -2.95. The van der Waals surface area contributed by atoms with Crippen LogP contribution in [0.3, 0.4) is 0 Å². The molecule has 36 heavy (non-hydrogen) atoms. The van der Waals surface area contributed by atoms with Crippen LogP contribution in [-0.2, 0) is 0 Å². The number of pyridine rings is 2. The van der Waals surface area contributed by atoms with Crippen molar-refractivity contribution in [3.8, 4) is 0 Å². The van der Waals surface area contributed by atoms with E-state index >= 15 is 0 Å². The van der Waals surface area contributed by atoms with Crippen LogP contribution in [0.2, 0.25) is 0 Å². The van der Waals surface area contributed by atoms with Gasteiger partial charge >= 0.3 is 0 Å². The molecule has 0 spiro atoms. The molecule has 0 aromatic carbocycles. The molecule has 3 aromatic rings. The van der Waals surface area contributed by atoms with Crippen molar-refractivity contribution in [1.29, 1.82) is 0 Å². The predicted molar refractivity (Wildman–Crippen MR) is 146 cm³/mol. The molecule has 5 rings (SSSR count). The van der Waals surface area contributed by atoms with Crippen LogP contribution in [0.5, 0.6) is 0 Å². The largest absolute Gasteiger partial charge is 0.404 e. The van der Waals surface area contributed by atoms with Crippen LogP contribution >= 0.6 is 11.3 Å². The molecule has 2 aliphatic rings. The van der Waals surface area contributed by atoms with Gasteiger partial charge in [-0.2, -0.15) is 0 Å². The van der Waals surface area contributed by atoms with Gasteiger partial charge in [0.05, 0.1) is 17.1 Å². The lowest BCUT2D eigenvalue weighted by Crippen LogP contribution is -2.36. The summed E-state index contributed by atoms with van der Waals surface area (Å²) < 4.78 is 0. The summed E-state index contributed by atoms with van der Waals surface area (Å²) in [5.41, 5.74) is 9.28. The summed E-state index contributed by atoms with van der Waals surface area (Å²) in [5.74, 6) is 1.27. The SMILES string of the molecule is NC=C(C=NC1CCN(CCCO)CC1)c1cnc2ccc(Nc3nnc(C4CCCC4)s3)nc2c1. The number of aliphatic hydroxyl groups is 1. The molecule has 9 nitrogen and oxygen atoms in total. The zero-order valence-corrected chi connectivity index (χ0v) is 21.3. The molecule has 1 aliphatic heterocycles. The van der Waals surface area contributed by atoms with E-state index in [1.54, 1.807) is 17.5 Å². The number of aromatic nitrogens is 4. The van der Waals surface area contributed by atoms with Crippen LogP contribution < -0.4 is 11.1 Å². The van der Waals surface area contributed by atoms with Crippen LogP contribution in [0.15, 0.2) is 35.6 Å². The van der Waals surface area contributed by atoms with Gasteiger partial charge in [0.25, 0.3) is 0 Å². The zero-order valence-electron chi connectivity index (χ0n) is 20.5. The number of aliphatic imine (C=N–C) groups is 1. The molecular formula is C26H34N8OS. The number of rotatable bonds is 9. The third kappa shape index (κ3) is 6.05. The molecule has 4 N–H and O–H groups in total. The zero-order chi connectivity index (χ0) is 24.7. The smallest absolute Gasteiger partial charge is 0.211 e. The number of nitrogens with zero attached hydrogens (tertiary/aromatic N) is 6. The minimum Gasteiger partial charge on any atom is -0.404 e. The summed E-state index contributed by atoms with van der Waals surface area (Å²) in [6.45, 7) is 3.22. The Balaban J connectivity index is 1.25. The maximum atomic E-state index is 9.03. The van der Waals surface area contributed by atoms with Gasteiger partial charge in [-0.15, -0.1) is 10.2 Å². The highest BCUT2D eigenvalue weighted by atomic mass is 32.1. The van der Waals surface area contributed by atoms with E-state index in [0.717, 1.165) is 77.0 Å². The Bertz CT molecular complexity index is 1210. The average molecular weight is 507 g/mol. The highest BCUT2D eigenvalue weighted by molar-refractivity contribution is 7.15. The van der Waals surface area contributed by atoms with Crippen LogP contribution in [0.4, 0.5) is 10.9 Å². The second kappa shape index (κ2) is 11.9. The quantitative estimate of drug-likeness (QED) is 0.370. The fourth-order valence-corrected chi connectivity index (χ4v) is 5.87. The van der Waals surface area contributed by atoms with Gasteiger partial charge in [-0.1, -0.05) is 24.2 Å². The van der Waals surface area contributed by atoms with E-state index in [9.17, 15) is 0 Å². The molecule has 10 heteroatoms. The number of piperidine rings is 1. The topological polar surface area (TPSA) is 125 Å². The van der Waals surface area contributed by atoms with E-state index in [1.165, 1.54) is 25.7 Å². The Morgan fingerprint density at radius 1 is 1.17 bits per heavy atom. The molecule has 0 amide bonds. The average Bonchev–Trinajstić information content (AvgIpc) is 3.61. The van der Waals surface area contributed by atoms with E-state index in [1.807, 2.05) is 30.6 Å². The van der Waals surface area contributed by atoms with Gasteiger partial charge in [0.15, 0.2) is 0 Å². The van der Waals surface area contributed by atoms with Crippen LogP contribution in [0, 0.1) is 0 Å². The maximum absolute atomic E-state index is 9.03. The van der Waals surface area contributed by atoms with Crippen molar-refractivity contribution in [2.45, 2.75) is 56.9 Å². The molecule has 0 atom stereocenters. The van der Waals surface area contributed by atoms with Crippen molar-refractivity contribution < 1.29 is 5.11 Å². The number of hydrogen-bond donors (Lipinski definition) is 3. The first-order chi connectivity index (χ1) is 17.7. The summed E-state index contributed by atoms with van der Waals surface area (Å²) in [6, 6.07) is 6.16. The molecule has 0 unspecified atom stereocenters. The minimum atomic E-state index is 0.248. The summed E-state index contributed by atoms with van der Waals surface area (Å²) >= 11 is 1.62. The van der Waals surface area contributed by atoms with Crippen LogP contribution in [-0.4, -0.2) is 68.7 Å². The number of allylic oxidation sites excluding steroid dienone is 1. The molecule has 190 valence electrons. The van der Waals surface area contributed by atoms with Crippen molar-refractivity contribution in [2.24, 2.45) is 10.7 Å². The fourth-order valence-electron chi connectivity index (χ4n) is 4.95. The van der Waals surface area contributed by atoms with E-state index in [4.69, 9.17) is 20.8 Å². The van der Waals surface area contributed by atoms with E-state index in [2.05, 4.69) is 25.4 Å². The number of nitrogens with one attached hydrogen (secondary N) is 1. The number of aliphatic hydroxyl groups excluding tert-OH is 1. The van der Waals surface area contributed by atoms with Crippen LogP contribution in [0.25, 0.3) is 16.6 Å². The molecule has 1 aliphatic carbocycles. The lowest BCUT2D eigenvalue weighted by Gasteiger charge is -2.29. The predicted octanol–water partition coefficient (Wildman–Crippen LogP) is 4.10. The molecule has 1 saturated carbocycles. The molecule has 0 radical (unpaired) electrons. The normalized spacial score (nSPS) is 18.5. The van der Waals surface area contributed by atoms with Crippen molar-refractivity contribution >= 4 is 45.1 Å². The van der Waals surface area contributed by atoms with Crippen molar-refractivity contribution in [3.63, 3.8) is 0 Å². The molecule has 1 saturated heterocycles. The van der Waals surface area contributed by atoms with Gasteiger partial charge in [0.2, 0.25) is 5.13 Å². The van der Waals surface area contributed by atoms with Gasteiger partial charge in [-0.3, -0.25) is 9.98 Å².